The average Bonchev–Trinajstić information content (AvgIpc) is 1.89. The van der Waals surface area contributed by atoms with Gasteiger partial charge in [0.1, 0.15) is 0 Å². The summed E-state index contributed by atoms with van der Waals surface area (Å²) < 4.78 is 0. The fourth-order valence-electron chi connectivity index (χ4n) is 0.526. The minimum Gasteiger partial charge on any atom is -0.481 e. The number of nitrogens with one attached hydrogen (secondary N) is 1. The monoisotopic (exact) mass is 159 g/mol. The number of carbonyl (C=O) groups is 1. The van der Waals surface area contributed by atoms with Crippen LogP contribution in [0.15, 0.2) is 0 Å². The van der Waals surface area contributed by atoms with Crippen LogP contribution in [0.1, 0.15) is 32.6 Å². The first-order valence-electron chi connectivity index (χ1n) is 3.44. The van der Waals surface area contributed by atoms with Gasteiger partial charge in [0.25, 0.3) is 0 Å². The molecule has 0 aromatic carbocycles. The Balaban J connectivity index is 0. The van der Waals surface area contributed by atoms with Crippen molar-refractivity contribution >= 4 is 12.0 Å². The average molecular weight is 159 g/mol. The lowest BCUT2D eigenvalue weighted by molar-refractivity contribution is -0.137. The lowest BCUT2D eigenvalue weighted by Gasteiger charge is -1.89. The minimum atomic E-state index is -0.682. The number of rotatable bonds is 4. The maximum Gasteiger partial charge on any atom is 0.303 e. The van der Waals surface area contributed by atoms with Crippen molar-refractivity contribution in [3.8, 4) is 0 Å². The lowest BCUT2D eigenvalue weighted by Crippen LogP contribution is -1.92. The molecule has 0 aromatic heterocycles. The molecule has 0 aliphatic rings. The van der Waals surface area contributed by atoms with Crippen LogP contribution in [0.5, 0.6) is 0 Å². The molecule has 0 bridgehead atoms. The molecular formula is C7H13NO3. The van der Waals surface area contributed by atoms with Gasteiger partial charge in [0, 0.05) is 6.42 Å². The summed E-state index contributed by atoms with van der Waals surface area (Å²) in [6.45, 7) is 2.06. The highest BCUT2D eigenvalue weighted by Gasteiger charge is 1.92. The Morgan fingerprint density at radius 1 is 1.55 bits per heavy atom. The van der Waals surface area contributed by atoms with Crippen LogP contribution in [0.25, 0.3) is 0 Å². The van der Waals surface area contributed by atoms with E-state index in [0.717, 1.165) is 25.3 Å². The van der Waals surface area contributed by atoms with E-state index in [1.54, 1.807) is 0 Å². The lowest BCUT2D eigenvalue weighted by atomic mass is 10.2. The summed E-state index contributed by atoms with van der Waals surface area (Å²) in [6, 6.07) is 0. The molecule has 11 heavy (non-hydrogen) atoms. The third-order valence-corrected chi connectivity index (χ3v) is 0.994. The van der Waals surface area contributed by atoms with Gasteiger partial charge in [-0.1, -0.05) is 19.8 Å². The summed E-state index contributed by atoms with van der Waals surface area (Å²) in [5.41, 5.74) is 0. The smallest absolute Gasteiger partial charge is 0.303 e. The number of hydrogen-bond acceptors (Lipinski definition) is 3. The number of hydrogen-bond donors (Lipinski definition) is 2. The van der Waals surface area contributed by atoms with E-state index < -0.39 is 5.97 Å². The van der Waals surface area contributed by atoms with E-state index in [1.165, 1.54) is 0 Å². The Morgan fingerprint density at radius 2 is 2.00 bits per heavy atom. The van der Waals surface area contributed by atoms with Crippen LogP contribution in [-0.4, -0.2) is 17.2 Å². The molecule has 0 aromatic rings. The maximum atomic E-state index is 9.87. The first-order valence-corrected chi connectivity index (χ1v) is 3.44. The standard InChI is InChI=1S/C6H12O2.CHNO/c1-2-3-4-5-6(7)8;2-1-3/h2-5H2,1H3,(H,7,8);2H. The van der Waals surface area contributed by atoms with Gasteiger partial charge >= 0.3 is 5.97 Å². The third kappa shape index (κ3) is 28.0. The summed E-state index contributed by atoms with van der Waals surface area (Å²) in [4.78, 5) is 18.2. The molecule has 0 saturated carbocycles. The van der Waals surface area contributed by atoms with Crippen LogP contribution in [0.4, 0.5) is 0 Å². The van der Waals surface area contributed by atoms with Crippen molar-refractivity contribution in [2.45, 2.75) is 32.6 Å². The van der Waals surface area contributed by atoms with Gasteiger partial charge in [-0.15, -0.1) is 0 Å². The van der Waals surface area contributed by atoms with E-state index >= 15 is 0 Å². The fourth-order valence-corrected chi connectivity index (χ4v) is 0.526. The minimum absolute atomic E-state index is 0.327. The summed E-state index contributed by atoms with van der Waals surface area (Å²) in [7, 11) is 0. The molecule has 4 nitrogen and oxygen atoms in total. The van der Waals surface area contributed by atoms with Gasteiger partial charge < -0.3 is 5.11 Å². The second-order valence-corrected chi connectivity index (χ2v) is 1.95. The Morgan fingerprint density at radius 3 is 2.27 bits per heavy atom. The number of carbonyl (C=O) groups excluding carboxylic acids is 1. The number of aliphatic carboxylic acids is 1. The Hall–Kier alpha value is -1.15. The van der Waals surface area contributed by atoms with E-state index in [-0.39, 0.29) is 0 Å². The van der Waals surface area contributed by atoms with Crippen molar-refractivity contribution in [2.75, 3.05) is 0 Å². The zero-order valence-electron chi connectivity index (χ0n) is 6.59. The largest absolute Gasteiger partial charge is 0.481 e. The SMILES string of the molecule is CCCCCC(=O)O.N=C=O. The molecule has 0 atom stereocenters. The normalized spacial score (nSPS) is 7.36. The van der Waals surface area contributed by atoms with E-state index in [0.29, 0.717) is 6.42 Å². The van der Waals surface area contributed by atoms with Crippen LogP contribution < -0.4 is 0 Å². The molecule has 2 N–H and O–H groups in total. The summed E-state index contributed by atoms with van der Waals surface area (Å²) in [5, 5.41) is 13.5. The highest BCUT2D eigenvalue weighted by molar-refractivity contribution is 5.66. The van der Waals surface area contributed by atoms with Gasteiger partial charge in [-0.2, -0.15) is 0 Å². The first kappa shape index (κ1) is 12.5. The van der Waals surface area contributed by atoms with Crippen molar-refractivity contribution < 1.29 is 14.7 Å². The van der Waals surface area contributed by atoms with E-state index in [2.05, 4.69) is 6.92 Å². The quantitative estimate of drug-likeness (QED) is 0.371. The maximum absolute atomic E-state index is 9.87. The second kappa shape index (κ2) is 11.6. The topological polar surface area (TPSA) is 78.2 Å². The Kier molecular flexibility index (Phi) is 13.2. The van der Waals surface area contributed by atoms with Crippen molar-refractivity contribution in [3.63, 3.8) is 0 Å². The molecule has 4 heteroatoms. The van der Waals surface area contributed by atoms with Crippen LogP contribution in [0, 0.1) is 5.41 Å². The fraction of sp³-hybridized carbons (Fsp3) is 0.714. The van der Waals surface area contributed by atoms with Crippen molar-refractivity contribution in [2.24, 2.45) is 0 Å². The number of carboxylic acid groups (broad SMARTS) is 1. The number of carboxylic acids is 1. The third-order valence-electron chi connectivity index (χ3n) is 0.994. The summed E-state index contributed by atoms with van der Waals surface area (Å²) >= 11 is 0. The van der Waals surface area contributed by atoms with E-state index in [4.69, 9.17) is 15.3 Å². The molecule has 0 rings (SSSR count). The van der Waals surface area contributed by atoms with Gasteiger partial charge in [0.15, 0.2) is 0 Å². The van der Waals surface area contributed by atoms with Gasteiger partial charge in [-0.3, -0.25) is 4.79 Å². The number of unbranched alkanes of at least 4 members (excludes halogenated alkanes) is 2. The molecule has 64 valence electrons. The number of isocyanates is 1. The highest BCUT2D eigenvalue weighted by Crippen LogP contribution is 1.97. The summed E-state index contributed by atoms with van der Waals surface area (Å²) in [5.74, 6) is -0.682. The molecule has 0 radical (unpaired) electrons. The molecule has 0 aliphatic heterocycles. The van der Waals surface area contributed by atoms with Crippen LogP contribution in [0.2, 0.25) is 0 Å². The van der Waals surface area contributed by atoms with Crippen LogP contribution >= 0.6 is 0 Å². The van der Waals surface area contributed by atoms with Gasteiger partial charge in [-0.25, -0.2) is 10.2 Å². The van der Waals surface area contributed by atoms with E-state index in [9.17, 15) is 4.79 Å². The molecule has 0 amide bonds. The molecule has 0 aliphatic carbocycles. The van der Waals surface area contributed by atoms with E-state index in [1.807, 2.05) is 0 Å². The molecule has 0 unspecified atom stereocenters. The van der Waals surface area contributed by atoms with Gasteiger partial charge in [-0.05, 0) is 6.42 Å². The molecule has 0 spiro atoms. The zero-order chi connectivity index (χ0) is 9.11. The molecule has 0 heterocycles. The molecule has 0 saturated heterocycles. The first-order chi connectivity index (χ1) is 5.18. The molecule has 0 fully saturated rings. The van der Waals surface area contributed by atoms with Crippen molar-refractivity contribution in [1.29, 1.82) is 5.41 Å². The van der Waals surface area contributed by atoms with Crippen molar-refractivity contribution in [3.05, 3.63) is 0 Å². The van der Waals surface area contributed by atoms with Gasteiger partial charge in [0.2, 0.25) is 6.08 Å². The van der Waals surface area contributed by atoms with Crippen LogP contribution in [0.3, 0.4) is 0 Å². The summed E-state index contributed by atoms with van der Waals surface area (Å²) in [6.07, 6.45) is 4.03. The van der Waals surface area contributed by atoms with Crippen LogP contribution in [-0.2, 0) is 9.59 Å². The highest BCUT2D eigenvalue weighted by atomic mass is 16.4. The van der Waals surface area contributed by atoms with Crippen molar-refractivity contribution in [1.82, 2.24) is 0 Å². The molecular weight excluding hydrogens is 146 g/mol. The predicted octanol–water partition coefficient (Wildman–Crippen LogP) is 1.55. The predicted molar refractivity (Wildman–Crippen MR) is 40.2 cm³/mol. The Bertz CT molecular complexity index is 128. The second-order valence-electron chi connectivity index (χ2n) is 1.95. The Labute approximate surface area is 65.7 Å². The zero-order valence-corrected chi connectivity index (χ0v) is 6.59. The van der Waals surface area contributed by atoms with Gasteiger partial charge in [0.05, 0.1) is 0 Å².